The van der Waals surface area contributed by atoms with Crippen molar-refractivity contribution in [1.29, 1.82) is 0 Å². The molecule has 8 nitrogen and oxygen atoms in total. The van der Waals surface area contributed by atoms with Crippen LogP contribution in [-0.4, -0.2) is 26.1 Å². The molecule has 206 valence electrons. The number of nitrogens with one attached hydrogen (secondary N) is 3. The van der Waals surface area contributed by atoms with Crippen LogP contribution in [0.1, 0.15) is 54.6 Å². The molecule has 0 radical (unpaired) electrons. The van der Waals surface area contributed by atoms with Gasteiger partial charge in [-0.25, -0.2) is 14.9 Å². The number of H-pyrrole nitrogens is 2. The van der Waals surface area contributed by atoms with E-state index in [4.69, 9.17) is 21.0 Å². The summed E-state index contributed by atoms with van der Waals surface area (Å²) in [7, 11) is 0. The molecule has 9 heteroatoms. The number of allylic oxidation sites excluding steroid dienone is 2. The Balaban J connectivity index is 1.53. The highest BCUT2D eigenvalue weighted by molar-refractivity contribution is 6.30. The number of para-hydroxylation sites is 2. The number of imidazole rings is 1. The highest BCUT2D eigenvalue weighted by Gasteiger charge is 2.49. The Morgan fingerprint density at radius 3 is 2.63 bits per heavy atom. The Morgan fingerprint density at radius 2 is 1.90 bits per heavy atom. The largest absolute Gasteiger partial charge is 0.434 e. The molecule has 5 aromatic rings. The molecule has 0 saturated heterocycles. The van der Waals surface area contributed by atoms with Crippen molar-refractivity contribution in [3.63, 3.8) is 0 Å². The molecule has 0 spiro atoms. The van der Waals surface area contributed by atoms with Gasteiger partial charge in [0.1, 0.15) is 11.2 Å². The Morgan fingerprint density at radius 1 is 1.10 bits per heavy atom. The van der Waals surface area contributed by atoms with Gasteiger partial charge in [0.15, 0.2) is 0 Å². The topological polar surface area (TPSA) is 117 Å². The first-order chi connectivity index (χ1) is 20.0. The molecule has 2 unspecified atom stereocenters. The molecule has 1 aliphatic carbocycles. The van der Waals surface area contributed by atoms with Crippen molar-refractivity contribution in [2.45, 2.75) is 37.1 Å². The summed E-state index contributed by atoms with van der Waals surface area (Å²) >= 11 is 6.42. The highest BCUT2D eigenvalue weighted by atomic mass is 35.5. The molecule has 3 aromatic carbocycles. The molecule has 6 rings (SSSR count). The SMILES string of the molecule is CCC[C@@H](NC(=O)C1=CC(c2nc3ccccc3[nH]2)(c2n[nH]c(=O)o2)C(c2cccc(Cl)c2)C=C1)c1ccccc1. The summed E-state index contributed by atoms with van der Waals surface area (Å²) in [5.74, 6) is -0.880. The third-order valence-corrected chi connectivity index (χ3v) is 7.70. The van der Waals surface area contributed by atoms with Gasteiger partial charge in [-0.2, -0.15) is 0 Å². The summed E-state index contributed by atoms with van der Waals surface area (Å²) < 4.78 is 5.65. The van der Waals surface area contributed by atoms with Crippen LogP contribution in [-0.2, 0) is 10.2 Å². The van der Waals surface area contributed by atoms with Crippen LogP contribution in [0.2, 0.25) is 5.02 Å². The molecule has 41 heavy (non-hydrogen) atoms. The molecule has 1 aliphatic rings. The number of hydrogen-bond acceptors (Lipinski definition) is 5. The van der Waals surface area contributed by atoms with E-state index in [0.29, 0.717) is 16.4 Å². The predicted octanol–water partition coefficient (Wildman–Crippen LogP) is 6.12. The predicted molar refractivity (Wildman–Crippen MR) is 158 cm³/mol. The van der Waals surface area contributed by atoms with E-state index in [0.717, 1.165) is 35.0 Å². The minimum atomic E-state index is -1.28. The third kappa shape index (κ3) is 5.02. The van der Waals surface area contributed by atoms with Crippen LogP contribution >= 0.6 is 11.6 Å². The first-order valence-corrected chi connectivity index (χ1v) is 13.9. The molecule has 3 atom stereocenters. The number of halogens is 1. The number of aromatic nitrogens is 4. The zero-order valence-electron chi connectivity index (χ0n) is 22.3. The number of fused-ring (bicyclic) bond motifs is 1. The number of nitrogens with zero attached hydrogens (tertiary/aromatic N) is 2. The molecule has 2 aromatic heterocycles. The summed E-state index contributed by atoms with van der Waals surface area (Å²) in [4.78, 5) is 34.5. The van der Waals surface area contributed by atoms with Crippen LogP contribution in [0.15, 0.2) is 112 Å². The molecule has 1 amide bonds. The van der Waals surface area contributed by atoms with Crippen LogP contribution in [0, 0.1) is 0 Å². The number of hydrogen-bond donors (Lipinski definition) is 3. The van der Waals surface area contributed by atoms with Crippen LogP contribution in [0.4, 0.5) is 0 Å². The maximum Gasteiger partial charge on any atom is 0.434 e. The van der Waals surface area contributed by atoms with E-state index < -0.39 is 17.1 Å². The molecule has 0 fully saturated rings. The fourth-order valence-corrected chi connectivity index (χ4v) is 5.75. The summed E-state index contributed by atoms with van der Waals surface area (Å²) in [6.07, 6.45) is 7.17. The normalized spacial score (nSPS) is 19.2. The summed E-state index contributed by atoms with van der Waals surface area (Å²) in [5.41, 5.74) is 2.50. The lowest BCUT2D eigenvalue weighted by atomic mass is 9.67. The average molecular weight is 566 g/mol. The fraction of sp³-hybridized carbons (Fsp3) is 0.188. The van der Waals surface area contributed by atoms with Crippen molar-refractivity contribution in [2.75, 3.05) is 0 Å². The van der Waals surface area contributed by atoms with Crippen LogP contribution in [0.5, 0.6) is 0 Å². The lowest BCUT2D eigenvalue weighted by Crippen LogP contribution is -2.38. The van der Waals surface area contributed by atoms with Gasteiger partial charge in [0.25, 0.3) is 5.91 Å². The van der Waals surface area contributed by atoms with Gasteiger partial charge in [0.05, 0.1) is 17.1 Å². The second-order valence-corrected chi connectivity index (χ2v) is 10.5. The van der Waals surface area contributed by atoms with Gasteiger partial charge in [-0.05, 0) is 47.9 Å². The average Bonchev–Trinajstić information content (AvgIpc) is 3.64. The van der Waals surface area contributed by atoms with Crippen LogP contribution in [0.25, 0.3) is 11.0 Å². The van der Waals surface area contributed by atoms with Crippen molar-refractivity contribution >= 4 is 28.5 Å². The maximum atomic E-state index is 13.9. The van der Waals surface area contributed by atoms with Gasteiger partial charge in [-0.3, -0.25) is 4.79 Å². The second kappa shape index (κ2) is 11.1. The maximum absolute atomic E-state index is 13.9. The summed E-state index contributed by atoms with van der Waals surface area (Å²) in [6.45, 7) is 2.09. The monoisotopic (exact) mass is 565 g/mol. The molecule has 2 heterocycles. The van der Waals surface area contributed by atoms with E-state index in [9.17, 15) is 9.59 Å². The third-order valence-electron chi connectivity index (χ3n) is 7.47. The van der Waals surface area contributed by atoms with Gasteiger partial charge < -0.3 is 14.7 Å². The molecule has 3 N–H and O–H groups in total. The number of amides is 1. The van der Waals surface area contributed by atoms with Gasteiger partial charge in [0.2, 0.25) is 5.89 Å². The van der Waals surface area contributed by atoms with Gasteiger partial charge >= 0.3 is 5.76 Å². The van der Waals surface area contributed by atoms with Crippen molar-refractivity contribution in [1.82, 2.24) is 25.5 Å². The quantitative estimate of drug-likeness (QED) is 0.210. The molecular formula is C32H28ClN5O3. The first kappa shape index (κ1) is 26.5. The van der Waals surface area contributed by atoms with Crippen molar-refractivity contribution in [3.8, 4) is 0 Å². The first-order valence-electron chi connectivity index (χ1n) is 13.5. The highest BCUT2D eigenvalue weighted by Crippen LogP contribution is 2.48. The summed E-state index contributed by atoms with van der Waals surface area (Å²) in [5, 5.41) is 10.4. The summed E-state index contributed by atoms with van der Waals surface area (Å²) in [6, 6.07) is 24.8. The number of carbonyl (C=O) groups is 1. The Bertz CT molecular complexity index is 1790. The van der Waals surface area contributed by atoms with E-state index in [-0.39, 0.29) is 17.8 Å². The Kier molecular flexibility index (Phi) is 7.15. The lowest BCUT2D eigenvalue weighted by molar-refractivity contribution is -0.118. The van der Waals surface area contributed by atoms with E-state index in [2.05, 4.69) is 27.4 Å². The standard InChI is InChI=1S/C32H28ClN5O3/c1-2-9-25(20-10-4-3-5-11-20)34-28(39)22-16-17-24(21-12-8-13-23(33)18-21)32(19-22,30-37-38-31(40)41-30)29-35-26-14-6-7-15-27(26)36-29/h3-8,10-19,24-25H,2,9H2,1H3,(H,34,39)(H,35,36)(H,38,40)/t24?,25-,32?/m1/s1. The van der Waals surface area contributed by atoms with Crippen molar-refractivity contribution in [2.24, 2.45) is 0 Å². The van der Waals surface area contributed by atoms with E-state index in [1.165, 1.54) is 0 Å². The molecule has 0 bridgehead atoms. The minimum Gasteiger partial charge on any atom is -0.391 e. The van der Waals surface area contributed by atoms with E-state index >= 15 is 0 Å². The number of benzene rings is 3. The molecule has 0 aliphatic heterocycles. The number of aromatic amines is 2. The number of rotatable bonds is 8. The smallest absolute Gasteiger partial charge is 0.391 e. The fourth-order valence-electron chi connectivity index (χ4n) is 5.56. The minimum absolute atomic E-state index is 0.0781. The van der Waals surface area contributed by atoms with Crippen LogP contribution in [0.3, 0.4) is 0 Å². The van der Waals surface area contributed by atoms with Gasteiger partial charge in [0, 0.05) is 16.5 Å². The second-order valence-electron chi connectivity index (χ2n) is 10.1. The molecule has 0 saturated carbocycles. The van der Waals surface area contributed by atoms with Gasteiger partial charge in [-0.1, -0.05) is 91.7 Å². The van der Waals surface area contributed by atoms with Crippen LogP contribution < -0.4 is 11.1 Å². The van der Waals surface area contributed by atoms with Crippen molar-refractivity contribution in [3.05, 3.63) is 141 Å². The zero-order chi connectivity index (χ0) is 28.4. The van der Waals surface area contributed by atoms with E-state index in [1.807, 2.05) is 78.9 Å². The number of carbonyl (C=O) groups excluding carboxylic acids is 1. The van der Waals surface area contributed by atoms with Gasteiger partial charge in [-0.15, -0.1) is 5.10 Å². The Labute approximate surface area is 241 Å². The zero-order valence-corrected chi connectivity index (χ0v) is 23.1. The molecular weight excluding hydrogens is 538 g/mol. The van der Waals surface area contributed by atoms with E-state index in [1.54, 1.807) is 18.2 Å². The van der Waals surface area contributed by atoms with Crippen molar-refractivity contribution < 1.29 is 9.21 Å². The lowest BCUT2D eigenvalue weighted by Gasteiger charge is -2.35. The Hall–Kier alpha value is -4.69.